The largest absolute Gasteiger partial charge is 0.0776 e. The molecule has 0 spiro atoms. The highest BCUT2D eigenvalue weighted by atomic mass is 13.7. The summed E-state index contributed by atoms with van der Waals surface area (Å²) in [5, 5.41) is 0. The van der Waals surface area contributed by atoms with Crippen LogP contribution in [0.2, 0.25) is 0 Å². The molecule has 16 heavy (non-hydrogen) atoms. The molecule has 0 aliphatic carbocycles. The van der Waals surface area contributed by atoms with Crippen molar-refractivity contribution in [2.45, 2.75) is 68.2 Å². The van der Waals surface area contributed by atoms with Crippen molar-refractivity contribution in [2.24, 2.45) is 0 Å². The highest BCUT2D eigenvalue weighted by Gasteiger charge is 1.68. The van der Waals surface area contributed by atoms with Crippen molar-refractivity contribution in [3.05, 3.63) is 36.4 Å². The van der Waals surface area contributed by atoms with Crippen molar-refractivity contribution in [1.29, 1.82) is 0 Å². The Kier molecular flexibility index (Phi) is 56.2. The first-order valence-corrected chi connectivity index (χ1v) is 6.41. The summed E-state index contributed by atoms with van der Waals surface area (Å²) in [7, 11) is 0. The van der Waals surface area contributed by atoms with E-state index < -0.39 is 0 Å². The molecule has 0 nitrogen and oxygen atoms in total. The first-order chi connectivity index (χ1) is 7.41. The lowest BCUT2D eigenvalue weighted by atomic mass is 10.3. The topological polar surface area (TPSA) is 0 Å². The van der Waals surface area contributed by atoms with E-state index in [4.69, 9.17) is 0 Å². The van der Waals surface area contributed by atoms with Gasteiger partial charge in [-0.15, -0.1) is 0 Å². The Morgan fingerprint density at radius 2 is 0.750 bits per heavy atom. The molecule has 0 heterocycles. The smallest absolute Gasteiger partial charge is 0.0538 e. The fourth-order valence-corrected chi connectivity index (χ4v) is 0.738. The normalized spacial score (nSPS) is 6.38. The summed E-state index contributed by atoms with van der Waals surface area (Å²) in [5.41, 5.74) is 0. The minimum Gasteiger partial charge on any atom is -0.0776 e. The predicted octanol–water partition coefficient (Wildman–Crippen LogP) is 6.57. The Morgan fingerprint density at radius 3 is 0.812 bits per heavy atom. The average molecular weight is 226 g/mol. The zero-order valence-electron chi connectivity index (χ0n) is 11.6. The summed E-state index contributed by atoms with van der Waals surface area (Å²) < 4.78 is 0. The summed E-state index contributed by atoms with van der Waals surface area (Å²) >= 11 is 0. The first kappa shape index (κ1) is 24.4. The quantitative estimate of drug-likeness (QED) is 0.535. The molecular weight excluding hydrogens is 192 g/mol. The number of unbranched alkanes of at least 4 members (excludes halogenated alkanes) is 2. The van der Waals surface area contributed by atoms with Crippen LogP contribution in [-0.2, 0) is 0 Å². The summed E-state index contributed by atoms with van der Waals surface area (Å²) in [5.74, 6) is 0. The van der Waals surface area contributed by atoms with Gasteiger partial charge in [-0.2, -0.15) is 0 Å². The first-order valence-electron chi connectivity index (χ1n) is 6.41. The molecule has 0 atom stereocenters. The molecule has 0 saturated carbocycles. The molecule has 1 aromatic carbocycles. The second-order valence-electron chi connectivity index (χ2n) is 2.51. The minimum atomic E-state index is 0. The highest BCUT2D eigenvalue weighted by Crippen LogP contribution is 1.88. The molecule has 0 aromatic heterocycles. The van der Waals surface area contributed by atoms with Crippen LogP contribution in [-0.4, -0.2) is 0 Å². The molecule has 0 fully saturated rings. The maximum atomic E-state index is 2.21. The molecule has 0 aliphatic heterocycles. The Hall–Kier alpha value is -0.780. The maximum Gasteiger partial charge on any atom is -0.0538 e. The molecule has 0 saturated heterocycles. The van der Waals surface area contributed by atoms with Crippen LogP contribution in [0.1, 0.15) is 68.2 Å². The predicted molar refractivity (Wildman–Crippen MR) is 81.1 cm³/mol. The van der Waals surface area contributed by atoms with Crippen LogP contribution in [0.3, 0.4) is 0 Å². The van der Waals surface area contributed by atoms with Crippen LogP contribution in [0.5, 0.6) is 0 Å². The standard InChI is InChI=1S/C6H6.C5H12.2C2H6.CH4/c1-2-4-6-5-3-1;1-3-5-4-2;2*1-2;/h1-6H;3-5H2,1-2H3;2*1-2H3;1H4. The molecule has 0 radical (unpaired) electrons. The van der Waals surface area contributed by atoms with E-state index in [0.717, 1.165) is 0 Å². The van der Waals surface area contributed by atoms with Crippen molar-refractivity contribution in [2.75, 3.05) is 0 Å². The van der Waals surface area contributed by atoms with Crippen molar-refractivity contribution in [1.82, 2.24) is 0 Å². The molecule has 98 valence electrons. The fourth-order valence-electron chi connectivity index (χ4n) is 0.738. The van der Waals surface area contributed by atoms with Gasteiger partial charge in [-0.05, 0) is 0 Å². The number of benzene rings is 1. The van der Waals surface area contributed by atoms with E-state index >= 15 is 0 Å². The van der Waals surface area contributed by atoms with Gasteiger partial charge in [0.2, 0.25) is 0 Å². The minimum absolute atomic E-state index is 0. The molecule has 1 rings (SSSR count). The second kappa shape index (κ2) is 36.8. The van der Waals surface area contributed by atoms with Crippen LogP contribution in [0.15, 0.2) is 36.4 Å². The van der Waals surface area contributed by atoms with E-state index in [1.165, 1.54) is 19.3 Å². The van der Waals surface area contributed by atoms with E-state index in [1.54, 1.807) is 0 Å². The Morgan fingerprint density at radius 1 is 0.562 bits per heavy atom. The van der Waals surface area contributed by atoms with E-state index in [0.29, 0.717) is 0 Å². The lowest BCUT2D eigenvalue weighted by Gasteiger charge is -1.79. The summed E-state index contributed by atoms with van der Waals surface area (Å²) in [4.78, 5) is 0. The number of rotatable bonds is 2. The Balaban J connectivity index is -0.0000000664. The van der Waals surface area contributed by atoms with E-state index in [-0.39, 0.29) is 7.43 Å². The van der Waals surface area contributed by atoms with Crippen LogP contribution < -0.4 is 0 Å². The van der Waals surface area contributed by atoms with Crippen molar-refractivity contribution >= 4 is 0 Å². The van der Waals surface area contributed by atoms with Crippen molar-refractivity contribution in [3.63, 3.8) is 0 Å². The zero-order valence-corrected chi connectivity index (χ0v) is 11.6. The average Bonchev–Trinajstić information content (AvgIpc) is 2.38. The molecule has 0 bridgehead atoms. The third kappa shape index (κ3) is 37.9. The van der Waals surface area contributed by atoms with Gasteiger partial charge in [-0.3, -0.25) is 0 Å². The van der Waals surface area contributed by atoms with Crippen molar-refractivity contribution < 1.29 is 0 Å². The number of hydrogen-bond donors (Lipinski definition) is 0. The second-order valence-corrected chi connectivity index (χ2v) is 2.51. The Labute approximate surface area is 105 Å². The van der Waals surface area contributed by atoms with Gasteiger partial charge in [0.15, 0.2) is 0 Å². The molecule has 1 aromatic rings. The van der Waals surface area contributed by atoms with Gasteiger partial charge in [-0.1, -0.05) is 105 Å². The lowest BCUT2D eigenvalue weighted by Crippen LogP contribution is -1.59. The fraction of sp³-hybridized carbons (Fsp3) is 0.625. The molecule has 0 aliphatic rings. The van der Waals surface area contributed by atoms with Crippen LogP contribution in [0.25, 0.3) is 0 Å². The molecule has 0 amide bonds. The van der Waals surface area contributed by atoms with Crippen LogP contribution in [0, 0.1) is 0 Å². The Bertz CT molecular complexity index is 103. The number of hydrogen-bond acceptors (Lipinski definition) is 0. The van der Waals surface area contributed by atoms with E-state index in [1.807, 2.05) is 64.1 Å². The molecule has 0 unspecified atom stereocenters. The van der Waals surface area contributed by atoms with Gasteiger partial charge < -0.3 is 0 Å². The molecule has 0 heteroatoms. The monoisotopic (exact) mass is 226 g/mol. The van der Waals surface area contributed by atoms with E-state index in [9.17, 15) is 0 Å². The third-order valence-electron chi connectivity index (χ3n) is 1.37. The van der Waals surface area contributed by atoms with Gasteiger partial charge >= 0.3 is 0 Å². The molecular formula is C16H34. The highest BCUT2D eigenvalue weighted by molar-refractivity contribution is 4.99. The SMILES string of the molecule is C.CC.CC.CCCCC.c1ccccc1. The van der Waals surface area contributed by atoms with Crippen LogP contribution >= 0.6 is 0 Å². The molecule has 0 N–H and O–H groups in total. The maximum absolute atomic E-state index is 2.21. The van der Waals surface area contributed by atoms with Crippen molar-refractivity contribution in [3.8, 4) is 0 Å². The summed E-state index contributed by atoms with van der Waals surface area (Å²) in [6, 6.07) is 12.0. The summed E-state index contributed by atoms with van der Waals surface area (Å²) in [6.45, 7) is 12.4. The zero-order chi connectivity index (χ0) is 12.4. The van der Waals surface area contributed by atoms with Gasteiger partial charge in [0, 0.05) is 0 Å². The van der Waals surface area contributed by atoms with Gasteiger partial charge in [0.1, 0.15) is 0 Å². The summed E-state index contributed by atoms with van der Waals surface area (Å²) in [6.07, 6.45) is 4.08. The van der Waals surface area contributed by atoms with E-state index in [2.05, 4.69) is 13.8 Å². The third-order valence-corrected chi connectivity index (χ3v) is 1.37. The van der Waals surface area contributed by atoms with Gasteiger partial charge in [0.25, 0.3) is 0 Å². The van der Waals surface area contributed by atoms with Gasteiger partial charge in [0.05, 0.1) is 0 Å². The van der Waals surface area contributed by atoms with Gasteiger partial charge in [-0.25, -0.2) is 0 Å². The lowest BCUT2D eigenvalue weighted by molar-refractivity contribution is 0.772. The van der Waals surface area contributed by atoms with Crippen LogP contribution in [0.4, 0.5) is 0 Å².